The summed E-state index contributed by atoms with van der Waals surface area (Å²) in [6, 6.07) is 15.8. The van der Waals surface area contributed by atoms with Crippen molar-refractivity contribution in [2.75, 3.05) is 6.61 Å². The minimum absolute atomic E-state index is 0.255. The second kappa shape index (κ2) is 7.00. The van der Waals surface area contributed by atoms with E-state index < -0.39 is 17.5 Å². The lowest BCUT2D eigenvalue weighted by Gasteiger charge is -2.27. The molecular formula is C24H18O6. The molecule has 0 radical (unpaired) electrons. The Morgan fingerprint density at radius 3 is 2.60 bits per heavy atom. The van der Waals surface area contributed by atoms with Crippen LogP contribution in [0.4, 0.5) is 0 Å². The summed E-state index contributed by atoms with van der Waals surface area (Å²) in [6.07, 6.45) is -0.726. The number of para-hydroxylation sites is 1. The number of rotatable bonds is 3. The fourth-order valence-corrected chi connectivity index (χ4v) is 3.77. The summed E-state index contributed by atoms with van der Waals surface area (Å²) in [5.74, 6) is 0.994. The molecule has 5 rings (SSSR count). The average Bonchev–Trinajstić information content (AvgIpc) is 2.73. The van der Waals surface area contributed by atoms with Gasteiger partial charge in [-0.3, -0.25) is 0 Å². The van der Waals surface area contributed by atoms with Gasteiger partial charge in [-0.1, -0.05) is 23.8 Å². The molecule has 1 aliphatic heterocycles. The Kier molecular flexibility index (Phi) is 4.29. The highest BCUT2D eigenvalue weighted by Gasteiger charge is 2.30. The van der Waals surface area contributed by atoms with Gasteiger partial charge >= 0.3 is 11.3 Å². The molecule has 1 aliphatic rings. The first-order valence-electron chi connectivity index (χ1n) is 9.65. The van der Waals surface area contributed by atoms with Gasteiger partial charge in [0.2, 0.25) is 6.29 Å². The molecule has 2 aromatic carbocycles. The maximum absolute atomic E-state index is 13.0. The molecule has 0 amide bonds. The normalized spacial score (nSPS) is 14.8. The quantitative estimate of drug-likeness (QED) is 0.457. The number of hydrogen-bond acceptors (Lipinski definition) is 6. The number of benzene rings is 2. The van der Waals surface area contributed by atoms with Gasteiger partial charge in [0, 0.05) is 23.6 Å². The predicted octanol–water partition coefficient (Wildman–Crippen LogP) is 4.82. The Labute approximate surface area is 171 Å². The van der Waals surface area contributed by atoms with Crippen molar-refractivity contribution in [3.8, 4) is 28.2 Å². The van der Waals surface area contributed by atoms with E-state index in [1.54, 1.807) is 18.2 Å². The zero-order valence-electron chi connectivity index (χ0n) is 16.4. The summed E-state index contributed by atoms with van der Waals surface area (Å²) in [6.45, 7) is 4.21. The highest BCUT2D eigenvalue weighted by molar-refractivity contribution is 5.93. The minimum atomic E-state index is -0.726. The van der Waals surface area contributed by atoms with Crippen molar-refractivity contribution in [1.82, 2.24) is 0 Å². The van der Waals surface area contributed by atoms with Crippen LogP contribution in [0.3, 0.4) is 0 Å². The van der Waals surface area contributed by atoms with Gasteiger partial charge in [-0.15, -0.1) is 0 Å². The highest BCUT2D eigenvalue weighted by atomic mass is 16.7. The van der Waals surface area contributed by atoms with Gasteiger partial charge < -0.3 is 18.3 Å². The zero-order chi connectivity index (χ0) is 20.8. The molecule has 0 aliphatic carbocycles. The molecule has 150 valence electrons. The molecule has 1 unspecified atom stereocenters. The zero-order valence-corrected chi connectivity index (χ0v) is 16.4. The first-order valence-corrected chi connectivity index (χ1v) is 9.65. The highest BCUT2D eigenvalue weighted by Crippen LogP contribution is 2.43. The fraction of sp³-hybridized carbons (Fsp3) is 0.167. The smallest absolute Gasteiger partial charge is 0.344 e. The van der Waals surface area contributed by atoms with Crippen LogP contribution in [0.5, 0.6) is 5.75 Å². The standard InChI is InChI=1S/C24H18O6/c1-3-27-24-18-11-17(15-12-21(25)28-20-9-8-13(2)10-16(15)20)23(26)30-22(18)14-6-4-5-7-19(14)29-24/h4-12,24H,3H2,1-2H3. The second-order valence-corrected chi connectivity index (χ2v) is 7.11. The molecule has 30 heavy (non-hydrogen) atoms. The molecule has 6 nitrogen and oxygen atoms in total. The minimum Gasteiger partial charge on any atom is -0.460 e. The van der Waals surface area contributed by atoms with Gasteiger partial charge in [-0.05, 0) is 44.2 Å². The molecule has 0 bridgehead atoms. The van der Waals surface area contributed by atoms with Crippen LogP contribution >= 0.6 is 0 Å². The molecule has 2 aromatic heterocycles. The third-order valence-electron chi connectivity index (χ3n) is 5.10. The van der Waals surface area contributed by atoms with Crippen molar-refractivity contribution >= 4 is 11.0 Å². The van der Waals surface area contributed by atoms with Gasteiger partial charge in [0.25, 0.3) is 0 Å². The second-order valence-electron chi connectivity index (χ2n) is 7.11. The van der Waals surface area contributed by atoms with Crippen LogP contribution in [-0.2, 0) is 4.74 Å². The van der Waals surface area contributed by atoms with E-state index >= 15 is 0 Å². The van der Waals surface area contributed by atoms with E-state index in [1.807, 2.05) is 44.2 Å². The lowest BCUT2D eigenvalue weighted by molar-refractivity contribution is -0.0813. The number of aryl methyl sites for hydroxylation is 1. The number of ether oxygens (including phenoxy) is 2. The first kappa shape index (κ1) is 18.4. The predicted molar refractivity (Wildman–Crippen MR) is 112 cm³/mol. The summed E-state index contributed by atoms with van der Waals surface area (Å²) < 4.78 is 22.8. The van der Waals surface area contributed by atoms with Crippen molar-refractivity contribution in [1.29, 1.82) is 0 Å². The molecule has 0 N–H and O–H groups in total. The maximum atomic E-state index is 13.0. The molecule has 3 heterocycles. The van der Waals surface area contributed by atoms with E-state index in [9.17, 15) is 9.59 Å². The largest absolute Gasteiger partial charge is 0.460 e. The Bertz CT molecular complexity index is 1400. The number of hydrogen-bond donors (Lipinski definition) is 0. The summed E-state index contributed by atoms with van der Waals surface area (Å²) in [4.78, 5) is 25.2. The van der Waals surface area contributed by atoms with Crippen LogP contribution in [-0.4, -0.2) is 6.61 Å². The summed E-state index contributed by atoms with van der Waals surface area (Å²) >= 11 is 0. The molecule has 1 atom stereocenters. The third-order valence-corrected chi connectivity index (χ3v) is 5.10. The lowest BCUT2D eigenvalue weighted by Crippen LogP contribution is -2.20. The number of fused-ring (bicyclic) bond motifs is 4. The van der Waals surface area contributed by atoms with Crippen molar-refractivity contribution in [2.24, 2.45) is 0 Å². The van der Waals surface area contributed by atoms with E-state index in [1.165, 1.54) is 6.07 Å². The van der Waals surface area contributed by atoms with Gasteiger partial charge in [-0.2, -0.15) is 0 Å². The van der Waals surface area contributed by atoms with E-state index in [2.05, 4.69) is 0 Å². The molecule has 4 aromatic rings. The van der Waals surface area contributed by atoms with Crippen LogP contribution in [0.1, 0.15) is 24.3 Å². The Morgan fingerprint density at radius 1 is 0.933 bits per heavy atom. The van der Waals surface area contributed by atoms with Crippen LogP contribution in [0.15, 0.2) is 73.0 Å². The van der Waals surface area contributed by atoms with Crippen LogP contribution in [0.2, 0.25) is 0 Å². The van der Waals surface area contributed by atoms with Crippen molar-refractivity contribution in [2.45, 2.75) is 20.1 Å². The monoisotopic (exact) mass is 402 g/mol. The summed E-state index contributed by atoms with van der Waals surface area (Å²) in [7, 11) is 0. The Morgan fingerprint density at radius 2 is 1.77 bits per heavy atom. The van der Waals surface area contributed by atoms with Gasteiger partial charge in [0.1, 0.15) is 11.3 Å². The molecule has 0 spiro atoms. The van der Waals surface area contributed by atoms with E-state index in [0.29, 0.717) is 45.8 Å². The molecular weight excluding hydrogens is 384 g/mol. The van der Waals surface area contributed by atoms with Crippen LogP contribution in [0, 0.1) is 6.92 Å². The topological polar surface area (TPSA) is 78.9 Å². The maximum Gasteiger partial charge on any atom is 0.344 e. The molecule has 0 saturated heterocycles. The molecule has 0 fully saturated rings. The first-order chi connectivity index (χ1) is 14.5. The SMILES string of the molecule is CCOC1Oc2ccccc2-c2oc(=O)c(-c3cc(=O)oc4ccc(C)cc34)cc21. The van der Waals surface area contributed by atoms with E-state index in [4.69, 9.17) is 18.3 Å². The summed E-state index contributed by atoms with van der Waals surface area (Å²) in [5.41, 5.74) is 2.28. The van der Waals surface area contributed by atoms with Gasteiger partial charge in [-0.25, -0.2) is 9.59 Å². The van der Waals surface area contributed by atoms with Crippen molar-refractivity contribution in [3.05, 3.63) is 86.6 Å². The summed E-state index contributed by atoms with van der Waals surface area (Å²) in [5, 5.41) is 0.659. The lowest BCUT2D eigenvalue weighted by atomic mass is 9.97. The Balaban J connectivity index is 1.80. The molecule has 0 saturated carbocycles. The van der Waals surface area contributed by atoms with Crippen LogP contribution in [0.25, 0.3) is 33.4 Å². The third kappa shape index (κ3) is 2.93. The van der Waals surface area contributed by atoms with Crippen molar-refractivity contribution < 1.29 is 18.3 Å². The molecule has 6 heteroatoms. The van der Waals surface area contributed by atoms with Crippen LogP contribution < -0.4 is 16.0 Å². The average molecular weight is 402 g/mol. The Hall–Kier alpha value is -3.64. The van der Waals surface area contributed by atoms with Crippen molar-refractivity contribution in [3.63, 3.8) is 0 Å². The van der Waals surface area contributed by atoms with Gasteiger partial charge in [0.15, 0.2) is 5.76 Å². The van der Waals surface area contributed by atoms with E-state index in [-0.39, 0.29) is 5.56 Å². The fourth-order valence-electron chi connectivity index (χ4n) is 3.77. The van der Waals surface area contributed by atoms with E-state index in [0.717, 1.165) is 5.56 Å². The van der Waals surface area contributed by atoms with Gasteiger partial charge in [0.05, 0.1) is 16.7 Å².